The molecular formula is C15H14N4O. The van der Waals surface area contributed by atoms with E-state index in [-0.39, 0.29) is 5.91 Å². The van der Waals surface area contributed by atoms with E-state index in [4.69, 9.17) is 0 Å². The molecule has 0 aliphatic rings. The van der Waals surface area contributed by atoms with Gasteiger partial charge in [-0.25, -0.2) is 4.98 Å². The first kappa shape index (κ1) is 12.3. The maximum atomic E-state index is 12.2. The molecule has 0 saturated heterocycles. The Labute approximate surface area is 116 Å². The lowest BCUT2D eigenvalue weighted by atomic mass is 10.3. The van der Waals surface area contributed by atoms with Crippen LogP contribution in [-0.4, -0.2) is 20.4 Å². The fourth-order valence-electron chi connectivity index (χ4n) is 2.11. The lowest BCUT2D eigenvalue weighted by molar-refractivity contribution is 0.0938. The van der Waals surface area contributed by atoms with Gasteiger partial charge in [-0.3, -0.25) is 9.78 Å². The molecule has 0 aliphatic heterocycles. The standard InChI is InChI=1S/C15H14N4O/c1-19-13-7-3-2-6-12(13)18-14(19)15(20)17-10-11-5-4-8-16-9-11/h2-9H,10H2,1H3,(H,17,20). The second-order valence-electron chi connectivity index (χ2n) is 4.53. The van der Waals surface area contributed by atoms with E-state index in [0.29, 0.717) is 12.4 Å². The highest BCUT2D eigenvalue weighted by Crippen LogP contribution is 2.14. The summed E-state index contributed by atoms with van der Waals surface area (Å²) in [5.41, 5.74) is 2.72. The van der Waals surface area contributed by atoms with Crippen molar-refractivity contribution in [3.8, 4) is 0 Å². The summed E-state index contributed by atoms with van der Waals surface area (Å²) in [4.78, 5) is 20.6. The molecule has 0 bridgehead atoms. The van der Waals surface area contributed by atoms with Crippen LogP contribution in [0.3, 0.4) is 0 Å². The van der Waals surface area contributed by atoms with Gasteiger partial charge in [-0.1, -0.05) is 18.2 Å². The molecule has 1 aromatic carbocycles. The van der Waals surface area contributed by atoms with Crippen molar-refractivity contribution in [2.24, 2.45) is 7.05 Å². The van der Waals surface area contributed by atoms with Gasteiger partial charge in [0.05, 0.1) is 11.0 Å². The van der Waals surface area contributed by atoms with E-state index in [0.717, 1.165) is 16.6 Å². The van der Waals surface area contributed by atoms with Gasteiger partial charge in [0, 0.05) is 26.0 Å². The van der Waals surface area contributed by atoms with E-state index >= 15 is 0 Å². The predicted octanol–water partition coefficient (Wildman–Crippen LogP) is 1.90. The molecule has 5 heteroatoms. The third kappa shape index (κ3) is 2.25. The van der Waals surface area contributed by atoms with Crippen molar-refractivity contribution in [3.05, 3.63) is 60.2 Å². The Kier molecular flexibility index (Phi) is 3.16. The smallest absolute Gasteiger partial charge is 0.287 e. The Balaban J connectivity index is 1.81. The largest absolute Gasteiger partial charge is 0.345 e. The number of para-hydroxylation sites is 2. The zero-order chi connectivity index (χ0) is 13.9. The SMILES string of the molecule is Cn1c(C(=O)NCc2cccnc2)nc2ccccc21. The van der Waals surface area contributed by atoms with Crippen LogP contribution in [0.4, 0.5) is 0 Å². The van der Waals surface area contributed by atoms with Gasteiger partial charge in [0.1, 0.15) is 0 Å². The number of hydrogen-bond acceptors (Lipinski definition) is 3. The summed E-state index contributed by atoms with van der Waals surface area (Å²) in [6.45, 7) is 0.440. The number of rotatable bonds is 3. The Morgan fingerprint density at radius 2 is 2.10 bits per heavy atom. The molecule has 0 fully saturated rings. The lowest BCUT2D eigenvalue weighted by Crippen LogP contribution is -2.25. The van der Waals surface area contributed by atoms with Crippen LogP contribution in [0.25, 0.3) is 11.0 Å². The number of benzene rings is 1. The lowest BCUT2D eigenvalue weighted by Gasteiger charge is -2.05. The first-order valence-electron chi connectivity index (χ1n) is 6.34. The van der Waals surface area contributed by atoms with E-state index in [9.17, 15) is 4.79 Å². The number of aryl methyl sites for hydroxylation is 1. The molecular weight excluding hydrogens is 252 g/mol. The minimum absolute atomic E-state index is 0.187. The quantitative estimate of drug-likeness (QED) is 0.787. The van der Waals surface area contributed by atoms with Crippen molar-refractivity contribution in [2.45, 2.75) is 6.54 Å². The number of imidazole rings is 1. The minimum atomic E-state index is -0.187. The molecule has 100 valence electrons. The summed E-state index contributed by atoms with van der Waals surface area (Å²) < 4.78 is 1.80. The van der Waals surface area contributed by atoms with Gasteiger partial charge in [-0.05, 0) is 23.8 Å². The number of pyridine rings is 1. The van der Waals surface area contributed by atoms with Crippen molar-refractivity contribution in [2.75, 3.05) is 0 Å². The molecule has 20 heavy (non-hydrogen) atoms. The Morgan fingerprint density at radius 3 is 2.85 bits per heavy atom. The van der Waals surface area contributed by atoms with Crippen molar-refractivity contribution < 1.29 is 4.79 Å². The number of amides is 1. The molecule has 1 N–H and O–H groups in total. The molecule has 5 nitrogen and oxygen atoms in total. The molecule has 0 unspecified atom stereocenters. The molecule has 0 spiro atoms. The molecule has 2 aromatic heterocycles. The number of aromatic nitrogens is 3. The third-order valence-electron chi connectivity index (χ3n) is 3.17. The number of hydrogen-bond donors (Lipinski definition) is 1. The molecule has 2 heterocycles. The number of nitrogens with one attached hydrogen (secondary N) is 1. The van der Waals surface area contributed by atoms with E-state index in [2.05, 4.69) is 15.3 Å². The van der Waals surface area contributed by atoms with Gasteiger partial charge in [0.2, 0.25) is 0 Å². The van der Waals surface area contributed by atoms with Gasteiger partial charge < -0.3 is 9.88 Å². The van der Waals surface area contributed by atoms with Crippen LogP contribution >= 0.6 is 0 Å². The Hall–Kier alpha value is -2.69. The zero-order valence-electron chi connectivity index (χ0n) is 11.1. The highest BCUT2D eigenvalue weighted by Gasteiger charge is 2.14. The number of carbonyl (C=O) groups is 1. The van der Waals surface area contributed by atoms with Crippen molar-refractivity contribution >= 4 is 16.9 Å². The molecule has 1 amide bonds. The summed E-state index contributed by atoms with van der Waals surface area (Å²) in [5, 5.41) is 2.85. The summed E-state index contributed by atoms with van der Waals surface area (Å²) in [6.07, 6.45) is 3.44. The first-order chi connectivity index (χ1) is 9.75. The summed E-state index contributed by atoms with van der Waals surface area (Å²) >= 11 is 0. The van der Waals surface area contributed by atoms with Crippen molar-refractivity contribution in [3.63, 3.8) is 0 Å². The molecule has 0 atom stereocenters. The van der Waals surface area contributed by atoms with E-state index in [1.165, 1.54) is 0 Å². The molecule has 3 rings (SSSR count). The van der Waals surface area contributed by atoms with Crippen LogP contribution in [-0.2, 0) is 13.6 Å². The monoisotopic (exact) mass is 266 g/mol. The minimum Gasteiger partial charge on any atom is -0.345 e. The second-order valence-corrected chi connectivity index (χ2v) is 4.53. The van der Waals surface area contributed by atoms with Crippen LogP contribution in [0, 0.1) is 0 Å². The van der Waals surface area contributed by atoms with Crippen molar-refractivity contribution in [1.29, 1.82) is 0 Å². The Morgan fingerprint density at radius 1 is 1.25 bits per heavy atom. The summed E-state index contributed by atoms with van der Waals surface area (Å²) in [5.74, 6) is 0.225. The van der Waals surface area contributed by atoms with E-state index < -0.39 is 0 Å². The topological polar surface area (TPSA) is 59.8 Å². The van der Waals surface area contributed by atoms with Crippen LogP contribution in [0.15, 0.2) is 48.8 Å². The van der Waals surface area contributed by atoms with E-state index in [1.807, 2.05) is 43.4 Å². The van der Waals surface area contributed by atoms with Crippen LogP contribution < -0.4 is 5.32 Å². The average Bonchev–Trinajstić information content (AvgIpc) is 2.84. The van der Waals surface area contributed by atoms with E-state index in [1.54, 1.807) is 17.0 Å². The average molecular weight is 266 g/mol. The normalized spacial score (nSPS) is 10.7. The highest BCUT2D eigenvalue weighted by molar-refractivity contribution is 5.94. The van der Waals surface area contributed by atoms with Gasteiger partial charge in [0.15, 0.2) is 5.82 Å². The Bertz CT molecular complexity index is 749. The fourth-order valence-corrected chi connectivity index (χ4v) is 2.11. The van der Waals surface area contributed by atoms with Gasteiger partial charge >= 0.3 is 0 Å². The maximum Gasteiger partial charge on any atom is 0.287 e. The number of fused-ring (bicyclic) bond motifs is 1. The molecule has 3 aromatic rings. The van der Waals surface area contributed by atoms with Gasteiger partial charge in [-0.2, -0.15) is 0 Å². The number of carbonyl (C=O) groups excluding carboxylic acids is 1. The van der Waals surface area contributed by atoms with Gasteiger partial charge in [0.25, 0.3) is 5.91 Å². The second kappa shape index (κ2) is 5.13. The zero-order valence-corrected chi connectivity index (χ0v) is 11.1. The maximum absolute atomic E-state index is 12.2. The van der Waals surface area contributed by atoms with Crippen LogP contribution in [0.5, 0.6) is 0 Å². The summed E-state index contributed by atoms with van der Waals surface area (Å²) in [7, 11) is 1.84. The number of nitrogens with zero attached hydrogens (tertiary/aromatic N) is 3. The molecule has 0 saturated carbocycles. The molecule has 0 radical (unpaired) electrons. The fraction of sp³-hybridized carbons (Fsp3) is 0.133. The van der Waals surface area contributed by atoms with Gasteiger partial charge in [-0.15, -0.1) is 0 Å². The third-order valence-corrected chi connectivity index (χ3v) is 3.17. The molecule has 0 aliphatic carbocycles. The van der Waals surface area contributed by atoms with Crippen LogP contribution in [0.1, 0.15) is 16.2 Å². The summed E-state index contributed by atoms with van der Waals surface area (Å²) in [6, 6.07) is 11.4. The predicted molar refractivity (Wildman–Crippen MR) is 76.1 cm³/mol. The highest BCUT2D eigenvalue weighted by atomic mass is 16.2. The van der Waals surface area contributed by atoms with Crippen LogP contribution in [0.2, 0.25) is 0 Å². The first-order valence-corrected chi connectivity index (χ1v) is 6.34. The van der Waals surface area contributed by atoms with Crippen molar-refractivity contribution in [1.82, 2.24) is 19.9 Å².